The number of carbonyl (C=O) groups excluding carboxylic acids is 1. The maximum absolute atomic E-state index is 11.5. The lowest BCUT2D eigenvalue weighted by atomic mass is 10.1. The zero-order chi connectivity index (χ0) is 15.5. The second-order valence-electron chi connectivity index (χ2n) is 5.39. The minimum Gasteiger partial charge on any atom is -0.391 e. The molecule has 0 unspecified atom stereocenters. The van der Waals surface area contributed by atoms with Gasteiger partial charge >= 0.3 is 0 Å². The van der Waals surface area contributed by atoms with Gasteiger partial charge in [0.05, 0.1) is 11.7 Å². The summed E-state index contributed by atoms with van der Waals surface area (Å²) in [7, 11) is 0. The van der Waals surface area contributed by atoms with Crippen molar-refractivity contribution in [1.82, 2.24) is 9.97 Å². The van der Waals surface area contributed by atoms with Crippen LogP contribution in [0, 0.1) is 0 Å². The van der Waals surface area contributed by atoms with Crippen molar-refractivity contribution in [1.29, 1.82) is 0 Å². The van der Waals surface area contributed by atoms with Crippen LogP contribution in [0.2, 0.25) is 0 Å². The van der Waals surface area contributed by atoms with Crippen LogP contribution in [0.1, 0.15) is 23.2 Å². The molecule has 1 saturated heterocycles. The van der Waals surface area contributed by atoms with E-state index in [-0.39, 0.29) is 6.10 Å². The number of primary amides is 1. The number of rotatable bonds is 3. The first-order valence-electron chi connectivity index (χ1n) is 7.30. The lowest BCUT2D eigenvalue weighted by molar-refractivity contribution is 0.100. The van der Waals surface area contributed by atoms with Gasteiger partial charge in [0, 0.05) is 24.8 Å². The van der Waals surface area contributed by atoms with Crippen molar-refractivity contribution in [2.75, 3.05) is 18.0 Å². The van der Waals surface area contributed by atoms with Crippen LogP contribution in [0.15, 0.2) is 36.5 Å². The Morgan fingerprint density at radius 2 is 2.14 bits per heavy atom. The number of benzene rings is 1. The van der Waals surface area contributed by atoms with E-state index in [1.54, 1.807) is 24.4 Å². The number of amides is 1. The Morgan fingerprint density at radius 1 is 1.32 bits per heavy atom. The molecular formula is C16H18N4O2. The average molecular weight is 298 g/mol. The zero-order valence-electron chi connectivity index (χ0n) is 12.1. The Morgan fingerprint density at radius 3 is 2.91 bits per heavy atom. The SMILES string of the molecule is NC(=O)c1ccccc1-c1nccc(N2CCC[C@@H](O)C2)n1. The number of carbonyl (C=O) groups is 1. The molecule has 0 radical (unpaired) electrons. The highest BCUT2D eigenvalue weighted by atomic mass is 16.3. The van der Waals surface area contributed by atoms with Gasteiger partial charge in [-0.15, -0.1) is 0 Å². The zero-order valence-corrected chi connectivity index (χ0v) is 12.1. The fraction of sp³-hybridized carbons (Fsp3) is 0.312. The molecule has 0 bridgehead atoms. The van der Waals surface area contributed by atoms with Gasteiger partial charge in [-0.05, 0) is 25.0 Å². The van der Waals surface area contributed by atoms with Crippen LogP contribution >= 0.6 is 0 Å². The highest BCUT2D eigenvalue weighted by molar-refractivity contribution is 5.99. The van der Waals surface area contributed by atoms with Crippen LogP contribution in [-0.4, -0.2) is 40.2 Å². The minimum absolute atomic E-state index is 0.329. The summed E-state index contributed by atoms with van der Waals surface area (Å²) in [6, 6.07) is 8.84. The minimum atomic E-state index is -0.502. The van der Waals surface area contributed by atoms with Gasteiger partial charge in [-0.3, -0.25) is 4.79 Å². The lowest BCUT2D eigenvalue weighted by Crippen LogP contribution is -2.38. The number of nitrogens with zero attached hydrogens (tertiary/aromatic N) is 3. The fourth-order valence-corrected chi connectivity index (χ4v) is 2.71. The van der Waals surface area contributed by atoms with E-state index in [0.29, 0.717) is 23.5 Å². The first-order chi connectivity index (χ1) is 10.6. The Kier molecular flexibility index (Phi) is 4.02. The number of aliphatic hydroxyl groups is 1. The van der Waals surface area contributed by atoms with E-state index < -0.39 is 5.91 Å². The van der Waals surface area contributed by atoms with Gasteiger partial charge in [-0.1, -0.05) is 18.2 Å². The summed E-state index contributed by atoms with van der Waals surface area (Å²) in [6.07, 6.45) is 3.08. The maximum atomic E-state index is 11.5. The molecule has 6 heteroatoms. The van der Waals surface area contributed by atoms with E-state index in [1.165, 1.54) is 0 Å². The Balaban J connectivity index is 1.96. The van der Waals surface area contributed by atoms with Gasteiger partial charge in [-0.2, -0.15) is 0 Å². The number of piperidine rings is 1. The molecule has 2 aromatic rings. The summed E-state index contributed by atoms with van der Waals surface area (Å²) in [5, 5.41) is 9.80. The van der Waals surface area contributed by atoms with Crippen molar-refractivity contribution in [3.8, 4) is 11.4 Å². The molecule has 1 aromatic carbocycles. The molecule has 2 heterocycles. The molecule has 3 rings (SSSR count). The van der Waals surface area contributed by atoms with E-state index in [2.05, 4.69) is 9.97 Å². The smallest absolute Gasteiger partial charge is 0.249 e. The van der Waals surface area contributed by atoms with Crippen LogP contribution in [0.4, 0.5) is 5.82 Å². The van der Waals surface area contributed by atoms with E-state index >= 15 is 0 Å². The third-order valence-corrected chi connectivity index (χ3v) is 3.79. The van der Waals surface area contributed by atoms with E-state index in [0.717, 1.165) is 25.2 Å². The molecule has 1 fully saturated rings. The molecule has 0 saturated carbocycles. The predicted octanol–water partition coefficient (Wildman–Crippen LogP) is 1.20. The molecule has 1 aliphatic rings. The first-order valence-corrected chi connectivity index (χ1v) is 7.30. The number of anilines is 1. The van der Waals surface area contributed by atoms with Crippen LogP contribution in [0.5, 0.6) is 0 Å². The molecule has 1 aliphatic heterocycles. The third-order valence-electron chi connectivity index (χ3n) is 3.79. The topological polar surface area (TPSA) is 92.3 Å². The van der Waals surface area contributed by atoms with Crippen molar-refractivity contribution in [2.24, 2.45) is 5.73 Å². The lowest BCUT2D eigenvalue weighted by Gasteiger charge is -2.31. The van der Waals surface area contributed by atoms with E-state index in [4.69, 9.17) is 5.73 Å². The Labute approximate surface area is 128 Å². The molecule has 0 aliphatic carbocycles. The number of β-amino-alcohol motifs (C(OH)–C–C–N with tert-alkyl or cyclic N) is 1. The van der Waals surface area contributed by atoms with Crippen LogP contribution < -0.4 is 10.6 Å². The number of aliphatic hydroxyl groups excluding tert-OH is 1. The molecule has 22 heavy (non-hydrogen) atoms. The van der Waals surface area contributed by atoms with Gasteiger partial charge in [0.1, 0.15) is 5.82 Å². The number of hydrogen-bond donors (Lipinski definition) is 2. The standard InChI is InChI=1S/C16H18N4O2/c17-15(22)12-5-1-2-6-13(12)16-18-8-7-14(19-16)20-9-3-4-11(21)10-20/h1-2,5-8,11,21H,3-4,9-10H2,(H2,17,22)/t11-/m1/s1. The largest absolute Gasteiger partial charge is 0.391 e. The van der Waals surface area contributed by atoms with Gasteiger partial charge in [-0.25, -0.2) is 9.97 Å². The quantitative estimate of drug-likeness (QED) is 0.888. The summed E-state index contributed by atoms with van der Waals surface area (Å²) in [6.45, 7) is 1.42. The monoisotopic (exact) mass is 298 g/mol. The molecule has 0 spiro atoms. The molecule has 114 valence electrons. The summed E-state index contributed by atoms with van der Waals surface area (Å²) in [5.41, 5.74) is 6.43. The highest BCUT2D eigenvalue weighted by Gasteiger charge is 2.20. The molecule has 6 nitrogen and oxygen atoms in total. The summed E-state index contributed by atoms with van der Waals surface area (Å²) >= 11 is 0. The molecular weight excluding hydrogens is 280 g/mol. The second kappa shape index (κ2) is 6.11. The van der Waals surface area contributed by atoms with E-state index in [1.807, 2.05) is 17.0 Å². The van der Waals surface area contributed by atoms with Crippen molar-refractivity contribution in [3.05, 3.63) is 42.1 Å². The van der Waals surface area contributed by atoms with Crippen molar-refractivity contribution in [2.45, 2.75) is 18.9 Å². The van der Waals surface area contributed by atoms with Gasteiger partial charge in [0.2, 0.25) is 5.91 Å². The van der Waals surface area contributed by atoms with Gasteiger partial charge in [0.25, 0.3) is 0 Å². The predicted molar refractivity (Wildman–Crippen MR) is 83.4 cm³/mol. The summed E-state index contributed by atoms with van der Waals surface area (Å²) in [5.74, 6) is 0.716. The third kappa shape index (κ3) is 2.92. The van der Waals surface area contributed by atoms with Gasteiger partial charge in [0.15, 0.2) is 5.82 Å². The van der Waals surface area contributed by atoms with Gasteiger partial charge < -0.3 is 15.7 Å². The van der Waals surface area contributed by atoms with Crippen molar-refractivity contribution < 1.29 is 9.90 Å². The normalized spacial score (nSPS) is 18.2. The fourth-order valence-electron chi connectivity index (χ4n) is 2.71. The molecule has 1 aromatic heterocycles. The summed E-state index contributed by atoms with van der Waals surface area (Å²) in [4.78, 5) is 22.4. The van der Waals surface area contributed by atoms with E-state index in [9.17, 15) is 9.90 Å². The second-order valence-corrected chi connectivity index (χ2v) is 5.39. The van der Waals surface area contributed by atoms with Crippen molar-refractivity contribution in [3.63, 3.8) is 0 Å². The maximum Gasteiger partial charge on any atom is 0.249 e. The van der Waals surface area contributed by atoms with Crippen LogP contribution in [-0.2, 0) is 0 Å². The highest BCUT2D eigenvalue weighted by Crippen LogP contribution is 2.23. The van der Waals surface area contributed by atoms with Crippen molar-refractivity contribution >= 4 is 11.7 Å². The molecule has 1 atom stereocenters. The molecule has 1 amide bonds. The summed E-state index contributed by atoms with van der Waals surface area (Å²) < 4.78 is 0. The molecule has 3 N–H and O–H groups in total. The number of nitrogens with two attached hydrogens (primary N) is 1. The van der Waals surface area contributed by atoms with Crippen LogP contribution in [0.3, 0.4) is 0 Å². The van der Waals surface area contributed by atoms with Crippen LogP contribution in [0.25, 0.3) is 11.4 Å². The Bertz CT molecular complexity index is 689. The number of aromatic nitrogens is 2. The average Bonchev–Trinajstić information content (AvgIpc) is 2.55. The number of hydrogen-bond acceptors (Lipinski definition) is 5. The first kappa shape index (κ1) is 14.5. The Hall–Kier alpha value is -2.47.